The fourth-order valence-corrected chi connectivity index (χ4v) is 5.73. The number of nitrogens with zero attached hydrogens (tertiary/aromatic N) is 6. The number of morpholine rings is 1. The Morgan fingerprint density at radius 1 is 0.914 bits per heavy atom. The number of pyridine rings is 1. The molecule has 4 aromatic rings. The van der Waals surface area contributed by atoms with Gasteiger partial charge in [0.05, 0.1) is 37.7 Å². The largest absolute Gasteiger partial charge is 0.465 e. The smallest absolute Gasteiger partial charge is 0.422 e. The number of halogens is 4. The lowest BCUT2D eigenvalue weighted by Gasteiger charge is -2.27. The number of nitrogens with one attached hydrogen (secondary N) is 4. The number of aliphatic imine (C=N–C) groups is 1. The highest BCUT2D eigenvalue weighted by molar-refractivity contribution is 6.40. The van der Waals surface area contributed by atoms with Gasteiger partial charge in [0.1, 0.15) is 11.5 Å². The van der Waals surface area contributed by atoms with Crippen LogP contribution in [0.4, 0.5) is 42.3 Å². The number of methoxy groups -OCH3 is 1. The van der Waals surface area contributed by atoms with E-state index >= 15 is 0 Å². The lowest BCUT2D eigenvalue weighted by atomic mass is 10.1. The minimum Gasteiger partial charge on any atom is -0.465 e. The van der Waals surface area contributed by atoms with Crippen LogP contribution in [0.25, 0.3) is 0 Å². The zero-order chi connectivity index (χ0) is 41.3. The standard InChI is InChI=1S/C37H36ClF3N10O7/c1-56-32(55)27(12-15-42-30(53)31(54)44-26-10-11-28(43-20-26)51-16-18-57-19-17-51)46-29(52)22-2-8-25(9-3-22)45-33-47-34(49-35(48-33)58-21-37(39,40)41)50-36(13-14-36)23-4-6-24(38)7-5-23/h2-11,20H,12-19,21H2,1H3,(H,42,53)(H,44,54)(H2,45,47,48,49,50). The maximum atomic E-state index is 13.1. The minimum atomic E-state index is -4.65. The second kappa shape index (κ2) is 18.2. The van der Waals surface area contributed by atoms with Crippen molar-refractivity contribution in [1.29, 1.82) is 0 Å². The Balaban J connectivity index is 1.06. The highest BCUT2D eigenvalue weighted by Gasteiger charge is 2.45. The summed E-state index contributed by atoms with van der Waals surface area (Å²) in [5, 5.41) is 11.4. The molecule has 17 nitrogen and oxygen atoms in total. The van der Waals surface area contributed by atoms with E-state index in [0.717, 1.165) is 12.7 Å². The quantitative estimate of drug-likeness (QED) is 0.0787. The fourth-order valence-electron chi connectivity index (χ4n) is 5.61. The van der Waals surface area contributed by atoms with E-state index in [1.54, 1.807) is 24.3 Å². The summed E-state index contributed by atoms with van der Waals surface area (Å²) < 4.78 is 53.8. The minimum absolute atomic E-state index is 0.0397. The Kier molecular flexibility index (Phi) is 13.0. The molecule has 0 radical (unpaired) electrons. The summed E-state index contributed by atoms with van der Waals surface area (Å²) in [6.07, 6.45) is -2.07. The van der Waals surface area contributed by atoms with Crippen molar-refractivity contribution in [3.8, 4) is 6.01 Å². The summed E-state index contributed by atoms with van der Waals surface area (Å²) in [5.74, 6) is -3.20. The molecule has 0 atom stereocenters. The van der Waals surface area contributed by atoms with E-state index in [1.807, 2.05) is 17.0 Å². The van der Waals surface area contributed by atoms with Gasteiger partial charge < -0.3 is 40.4 Å². The van der Waals surface area contributed by atoms with Gasteiger partial charge in [-0.05, 0) is 66.9 Å². The molecular formula is C37H36ClF3N10O7. The van der Waals surface area contributed by atoms with E-state index in [-0.39, 0.29) is 36.1 Å². The molecule has 21 heteroatoms. The maximum Gasteiger partial charge on any atom is 0.422 e. The molecule has 4 N–H and O–H groups in total. The third-order valence-corrected chi connectivity index (χ3v) is 8.97. The van der Waals surface area contributed by atoms with Crippen molar-refractivity contribution in [3.05, 3.63) is 83.0 Å². The van der Waals surface area contributed by atoms with E-state index in [1.165, 1.54) is 30.5 Å². The number of carbonyl (C=O) groups is 4. The zero-order valence-corrected chi connectivity index (χ0v) is 31.5. The normalized spacial score (nSPS) is 14.8. The molecule has 2 aromatic heterocycles. The Morgan fingerprint density at radius 2 is 1.60 bits per heavy atom. The molecule has 2 fully saturated rings. The number of anilines is 5. The van der Waals surface area contributed by atoms with Crippen LogP contribution in [0.15, 0.2) is 71.9 Å². The number of carbonyl (C=O) groups excluding carboxylic acids is 4. The monoisotopic (exact) mass is 824 g/mol. The van der Waals surface area contributed by atoms with E-state index < -0.39 is 48.0 Å². The third-order valence-electron chi connectivity index (χ3n) is 8.72. The molecule has 1 saturated heterocycles. The second-order valence-corrected chi connectivity index (χ2v) is 13.3. The van der Waals surface area contributed by atoms with Crippen molar-refractivity contribution in [2.45, 2.75) is 31.0 Å². The number of benzene rings is 2. The molecule has 1 aliphatic carbocycles. The van der Waals surface area contributed by atoms with Crippen LogP contribution < -0.4 is 30.9 Å². The van der Waals surface area contributed by atoms with Crippen molar-refractivity contribution in [1.82, 2.24) is 25.3 Å². The highest BCUT2D eigenvalue weighted by Crippen LogP contribution is 2.48. The number of rotatable bonds is 14. The molecule has 0 spiro atoms. The first-order chi connectivity index (χ1) is 27.8. The molecule has 3 heterocycles. The second-order valence-electron chi connectivity index (χ2n) is 12.9. The average molecular weight is 825 g/mol. The van der Waals surface area contributed by atoms with Gasteiger partial charge in [0.15, 0.2) is 6.61 Å². The van der Waals surface area contributed by atoms with Crippen molar-refractivity contribution >= 4 is 70.1 Å². The third kappa shape index (κ3) is 11.3. The molecule has 1 saturated carbocycles. The van der Waals surface area contributed by atoms with Gasteiger partial charge in [-0.15, -0.1) is 0 Å². The van der Waals surface area contributed by atoms with E-state index in [9.17, 15) is 32.3 Å². The van der Waals surface area contributed by atoms with Crippen LogP contribution in [0.2, 0.25) is 5.02 Å². The van der Waals surface area contributed by atoms with Crippen LogP contribution >= 0.6 is 11.6 Å². The van der Waals surface area contributed by atoms with Crippen molar-refractivity contribution in [2.75, 3.05) is 67.4 Å². The van der Waals surface area contributed by atoms with Crippen molar-refractivity contribution in [2.24, 2.45) is 4.99 Å². The van der Waals surface area contributed by atoms with Crippen LogP contribution in [0, 0.1) is 0 Å². The van der Waals surface area contributed by atoms with Crippen LogP contribution in [-0.4, -0.2) is 102 Å². The molecule has 3 amide bonds. The lowest BCUT2D eigenvalue weighted by Crippen LogP contribution is -2.37. The topological polar surface area (TPSA) is 211 Å². The van der Waals surface area contributed by atoms with Crippen LogP contribution in [0.3, 0.4) is 0 Å². The number of hydrogen-bond acceptors (Lipinski definition) is 14. The summed E-state index contributed by atoms with van der Waals surface area (Å²) in [5.41, 5.74) is 0.681. The first-order valence-electron chi connectivity index (χ1n) is 17.7. The first-order valence-corrected chi connectivity index (χ1v) is 18.1. The summed E-state index contributed by atoms with van der Waals surface area (Å²) in [6, 6.07) is 15.5. The van der Waals surface area contributed by atoms with Crippen LogP contribution in [0.1, 0.15) is 35.2 Å². The summed E-state index contributed by atoms with van der Waals surface area (Å²) in [7, 11) is 1.09. The molecule has 304 valence electrons. The first kappa shape index (κ1) is 41.2. The summed E-state index contributed by atoms with van der Waals surface area (Å²) in [6.45, 7) is 0.667. The van der Waals surface area contributed by atoms with Crippen LogP contribution in [0.5, 0.6) is 6.01 Å². The van der Waals surface area contributed by atoms with E-state index in [4.69, 9.17) is 25.8 Å². The predicted molar refractivity (Wildman–Crippen MR) is 204 cm³/mol. The molecule has 1 aliphatic heterocycles. The molecule has 2 aromatic carbocycles. The van der Waals surface area contributed by atoms with Gasteiger partial charge in [-0.25, -0.2) is 14.8 Å². The van der Waals surface area contributed by atoms with Gasteiger partial charge in [-0.2, -0.15) is 28.1 Å². The maximum absolute atomic E-state index is 13.1. The Hall–Kier alpha value is -6.41. The number of alkyl halides is 3. The van der Waals surface area contributed by atoms with Gasteiger partial charge >= 0.3 is 30.0 Å². The van der Waals surface area contributed by atoms with Gasteiger partial charge in [-0.3, -0.25) is 14.4 Å². The van der Waals surface area contributed by atoms with Gasteiger partial charge in [-0.1, -0.05) is 23.7 Å². The van der Waals surface area contributed by atoms with Gasteiger partial charge in [0, 0.05) is 42.3 Å². The van der Waals surface area contributed by atoms with Crippen molar-refractivity contribution < 1.29 is 46.6 Å². The van der Waals surface area contributed by atoms with Crippen LogP contribution in [-0.2, 0) is 29.4 Å². The average Bonchev–Trinajstić information content (AvgIpc) is 4.00. The summed E-state index contributed by atoms with van der Waals surface area (Å²) >= 11 is 6.03. The highest BCUT2D eigenvalue weighted by atomic mass is 35.5. The number of amides is 3. The number of aromatic nitrogens is 4. The predicted octanol–water partition coefficient (Wildman–Crippen LogP) is 4.44. The lowest BCUT2D eigenvalue weighted by molar-refractivity contribution is -0.154. The van der Waals surface area contributed by atoms with Crippen molar-refractivity contribution in [3.63, 3.8) is 0 Å². The van der Waals surface area contributed by atoms with Gasteiger partial charge in [0.25, 0.3) is 5.91 Å². The number of ether oxygens (including phenoxy) is 3. The summed E-state index contributed by atoms with van der Waals surface area (Å²) in [4.78, 5) is 73.0. The molecule has 6 rings (SSSR count). The Bertz CT molecular complexity index is 2150. The Labute approximate surface area is 333 Å². The SMILES string of the molecule is COC(=O)C(CCNC(=O)C(=O)Nc1ccc(N2CCOCC2)nc1)=NC(=O)c1ccc(Nc2nc(NC3(c4ccc(Cl)cc4)CC3)nc(OCC(F)(F)F)n2)cc1. The van der Waals surface area contributed by atoms with Gasteiger partial charge in [0.2, 0.25) is 11.9 Å². The number of esters is 1. The van der Waals surface area contributed by atoms with E-state index in [2.05, 4.69) is 46.2 Å². The molecule has 0 unspecified atom stereocenters. The molecular weight excluding hydrogens is 789 g/mol. The molecule has 58 heavy (non-hydrogen) atoms. The Morgan fingerprint density at radius 3 is 2.24 bits per heavy atom. The molecule has 0 bridgehead atoms. The van der Waals surface area contributed by atoms with E-state index in [0.29, 0.717) is 61.4 Å². The number of hydrogen-bond donors (Lipinski definition) is 4. The zero-order valence-electron chi connectivity index (χ0n) is 30.8. The fraction of sp³-hybridized carbons (Fsp3) is 0.324. The molecule has 2 aliphatic rings.